The summed E-state index contributed by atoms with van der Waals surface area (Å²) in [6.07, 6.45) is 1.15. The second kappa shape index (κ2) is 14.2. The summed E-state index contributed by atoms with van der Waals surface area (Å²) in [7, 11) is -2.31. The molecule has 0 bridgehead atoms. The zero-order chi connectivity index (χ0) is 32.0. The molecule has 4 aromatic rings. The average molecular weight is 638 g/mol. The van der Waals surface area contributed by atoms with E-state index in [9.17, 15) is 9.36 Å². The van der Waals surface area contributed by atoms with Gasteiger partial charge in [-0.15, -0.1) is 0 Å². The number of fused-ring (bicyclic) bond motifs is 1. The van der Waals surface area contributed by atoms with E-state index in [1.54, 1.807) is 24.7 Å². The Hall–Kier alpha value is -3.67. The van der Waals surface area contributed by atoms with Crippen LogP contribution in [0.2, 0.25) is 0 Å². The van der Waals surface area contributed by atoms with Gasteiger partial charge in [0.2, 0.25) is 5.95 Å². The van der Waals surface area contributed by atoms with Crippen molar-refractivity contribution in [1.29, 1.82) is 0 Å². The van der Waals surface area contributed by atoms with E-state index in [1.807, 2.05) is 81.4 Å². The molecule has 1 aliphatic heterocycles. The number of nitrogens with one attached hydrogen (secondary N) is 1. The number of carbonyl (C=O) groups excluding carboxylic acids is 1. The fraction of sp³-hybridized carbons (Fsp3) is 0.438. The minimum atomic E-state index is -4.07. The van der Waals surface area contributed by atoms with Crippen molar-refractivity contribution >= 4 is 25.4 Å². The third-order valence-corrected chi connectivity index (χ3v) is 8.53. The van der Waals surface area contributed by atoms with Gasteiger partial charge in [0.05, 0.1) is 44.6 Å². The molecule has 0 radical (unpaired) electrons. The summed E-state index contributed by atoms with van der Waals surface area (Å²) < 4.78 is 45.3. The van der Waals surface area contributed by atoms with Crippen molar-refractivity contribution in [3.05, 3.63) is 89.4 Å². The minimum absolute atomic E-state index is 0.0254. The lowest BCUT2D eigenvalue weighted by atomic mass is 9.94. The Morgan fingerprint density at radius 1 is 1.00 bits per heavy atom. The van der Waals surface area contributed by atoms with Gasteiger partial charge in [-0.25, -0.2) is 9.55 Å². The Kier molecular flexibility index (Phi) is 10.3. The van der Waals surface area contributed by atoms with Crippen LogP contribution < -0.4 is 5.32 Å². The molecule has 1 fully saturated rings. The standard InChI is InChI=1S/C32H40N5O7P/c1-22-35-30-26(18-34-37(30)31(33-5)36-22)27-16-25(17-29(38)44-32(2,3)4)28(43-27)21-42-45(39,40-19-23-12-8-6-9-13-23)41-20-24-14-10-7-11-15-24/h6-15,18,25,27-28H,16-17,19-21H2,1-5H3,(H,33,35,36)/t25-,27+,28+/m0/s1. The zero-order valence-corrected chi connectivity index (χ0v) is 27.1. The van der Waals surface area contributed by atoms with Crippen molar-refractivity contribution in [1.82, 2.24) is 19.6 Å². The van der Waals surface area contributed by atoms with Crippen LogP contribution in [0.1, 0.15) is 62.2 Å². The van der Waals surface area contributed by atoms with Crippen LogP contribution in [0, 0.1) is 12.8 Å². The van der Waals surface area contributed by atoms with Crippen molar-refractivity contribution in [3.8, 4) is 0 Å². The van der Waals surface area contributed by atoms with Crippen LogP contribution in [0.25, 0.3) is 5.65 Å². The summed E-state index contributed by atoms with van der Waals surface area (Å²) in [5.74, 6) is 0.437. The predicted molar refractivity (Wildman–Crippen MR) is 167 cm³/mol. The molecule has 13 heteroatoms. The lowest BCUT2D eigenvalue weighted by molar-refractivity contribution is -0.156. The smallest absolute Gasteiger partial charge is 0.460 e. The number of esters is 1. The Labute approximate surface area is 263 Å². The summed E-state index contributed by atoms with van der Waals surface area (Å²) in [6.45, 7) is 7.19. The van der Waals surface area contributed by atoms with Crippen molar-refractivity contribution in [2.75, 3.05) is 19.0 Å². The number of phosphoric acid groups is 1. The maximum absolute atomic E-state index is 14.0. The van der Waals surface area contributed by atoms with Crippen molar-refractivity contribution < 1.29 is 32.4 Å². The summed E-state index contributed by atoms with van der Waals surface area (Å²) in [5, 5.41) is 7.50. The van der Waals surface area contributed by atoms with Crippen molar-refractivity contribution in [2.24, 2.45) is 5.92 Å². The fourth-order valence-electron chi connectivity index (χ4n) is 5.11. The number of aromatic nitrogens is 4. The van der Waals surface area contributed by atoms with Gasteiger partial charge in [0.15, 0.2) is 5.65 Å². The number of aryl methyl sites for hydroxylation is 1. The van der Waals surface area contributed by atoms with Crippen molar-refractivity contribution in [3.63, 3.8) is 0 Å². The molecule has 45 heavy (non-hydrogen) atoms. The first-order chi connectivity index (χ1) is 21.5. The number of phosphoric ester groups is 1. The molecular formula is C32H40N5O7P. The van der Waals surface area contributed by atoms with Crippen LogP contribution in [0.15, 0.2) is 66.9 Å². The van der Waals surface area contributed by atoms with Crippen LogP contribution in [0.4, 0.5) is 5.95 Å². The number of hydrogen-bond acceptors (Lipinski definition) is 11. The van der Waals surface area contributed by atoms with Crippen LogP contribution >= 0.6 is 7.82 Å². The third-order valence-electron chi connectivity index (χ3n) is 7.17. The Morgan fingerprint density at radius 2 is 1.62 bits per heavy atom. The molecular weight excluding hydrogens is 597 g/mol. The summed E-state index contributed by atoms with van der Waals surface area (Å²) in [4.78, 5) is 21.9. The molecule has 5 rings (SSSR count). The van der Waals surface area contributed by atoms with Crippen LogP contribution in [0.5, 0.6) is 0 Å². The van der Waals surface area contributed by atoms with E-state index in [2.05, 4.69) is 20.4 Å². The first-order valence-electron chi connectivity index (χ1n) is 14.9. The van der Waals surface area contributed by atoms with E-state index in [4.69, 9.17) is 23.0 Å². The van der Waals surface area contributed by atoms with E-state index in [-0.39, 0.29) is 38.1 Å². The number of nitrogens with zero attached hydrogens (tertiary/aromatic N) is 4. The molecule has 0 saturated carbocycles. The van der Waals surface area contributed by atoms with Crippen LogP contribution in [-0.2, 0) is 45.6 Å². The van der Waals surface area contributed by atoms with E-state index in [1.165, 1.54) is 0 Å². The molecule has 3 heterocycles. The highest BCUT2D eigenvalue weighted by Gasteiger charge is 2.41. The molecule has 0 spiro atoms. The molecule has 1 saturated heterocycles. The fourth-order valence-corrected chi connectivity index (χ4v) is 6.28. The summed E-state index contributed by atoms with van der Waals surface area (Å²) in [6, 6.07) is 18.7. The van der Waals surface area contributed by atoms with Gasteiger partial charge in [0.25, 0.3) is 0 Å². The van der Waals surface area contributed by atoms with Gasteiger partial charge in [-0.1, -0.05) is 60.7 Å². The molecule has 0 aliphatic carbocycles. The van der Waals surface area contributed by atoms with E-state index in [0.29, 0.717) is 23.8 Å². The van der Waals surface area contributed by atoms with Gasteiger partial charge in [-0.05, 0) is 45.2 Å². The highest BCUT2D eigenvalue weighted by molar-refractivity contribution is 7.48. The normalized spacial score (nSPS) is 18.7. The molecule has 0 amide bonds. The van der Waals surface area contributed by atoms with Crippen LogP contribution in [-0.4, -0.2) is 50.9 Å². The minimum Gasteiger partial charge on any atom is -0.460 e. The Balaban J connectivity index is 1.36. The molecule has 240 valence electrons. The second-order valence-corrected chi connectivity index (χ2v) is 13.6. The predicted octanol–water partition coefficient (Wildman–Crippen LogP) is 6.21. The topological polar surface area (TPSA) is 135 Å². The van der Waals surface area contributed by atoms with Gasteiger partial charge in [0, 0.05) is 18.5 Å². The number of ether oxygens (including phenoxy) is 2. The maximum atomic E-state index is 14.0. The van der Waals surface area contributed by atoms with Crippen molar-refractivity contribution in [2.45, 2.75) is 71.6 Å². The molecule has 2 aromatic heterocycles. The monoisotopic (exact) mass is 637 g/mol. The van der Waals surface area contributed by atoms with E-state index >= 15 is 0 Å². The molecule has 12 nitrogen and oxygen atoms in total. The number of anilines is 1. The number of rotatable bonds is 13. The summed E-state index contributed by atoms with van der Waals surface area (Å²) >= 11 is 0. The quantitative estimate of drug-likeness (QED) is 0.132. The largest absolute Gasteiger partial charge is 0.475 e. The highest BCUT2D eigenvalue weighted by Crippen LogP contribution is 2.52. The highest BCUT2D eigenvalue weighted by atomic mass is 31.2. The molecule has 1 aliphatic rings. The van der Waals surface area contributed by atoms with Gasteiger partial charge in [0.1, 0.15) is 11.4 Å². The number of benzene rings is 2. The molecule has 1 N–H and O–H groups in total. The first kappa shape index (κ1) is 32.7. The average Bonchev–Trinajstić information content (AvgIpc) is 3.61. The lowest BCUT2D eigenvalue weighted by Crippen LogP contribution is -2.29. The lowest BCUT2D eigenvalue weighted by Gasteiger charge is -2.24. The van der Waals surface area contributed by atoms with Gasteiger partial charge >= 0.3 is 13.8 Å². The number of hydrogen-bond donors (Lipinski definition) is 1. The Morgan fingerprint density at radius 3 is 2.20 bits per heavy atom. The van der Waals surface area contributed by atoms with Crippen LogP contribution in [0.3, 0.4) is 0 Å². The van der Waals surface area contributed by atoms with E-state index < -0.39 is 25.6 Å². The van der Waals surface area contributed by atoms with Gasteiger partial charge < -0.3 is 14.8 Å². The summed E-state index contributed by atoms with van der Waals surface area (Å²) in [5.41, 5.74) is 2.33. The molecule has 3 atom stereocenters. The zero-order valence-electron chi connectivity index (χ0n) is 26.2. The first-order valence-corrected chi connectivity index (χ1v) is 16.4. The van der Waals surface area contributed by atoms with Gasteiger partial charge in [-0.3, -0.25) is 18.4 Å². The third kappa shape index (κ3) is 8.74. The number of carbonyl (C=O) groups is 1. The van der Waals surface area contributed by atoms with E-state index in [0.717, 1.165) is 16.7 Å². The molecule has 2 aromatic carbocycles. The SMILES string of the molecule is CNc1nc(C)nc2c([C@H]3C[C@@H](CC(=O)OC(C)(C)C)[C@@H](COP(=O)(OCc4ccccc4)OCc4ccccc4)O3)cnn12. The second-order valence-electron chi connectivity index (χ2n) is 11.9. The van der Waals surface area contributed by atoms with Gasteiger partial charge in [-0.2, -0.15) is 14.6 Å². The molecule has 0 unspecified atom stereocenters. The Bertz CT molecular complexity index is 1580. The maximum Gasteiger partial charge on any atom is 0.475 e.